The third-order valence-corrected chi connectivity index (χ3v) is 7.03. The number of rotatable bonds is 7. The second-order valence-electron chi connectivity index (χ2n) is 9.47. The van der Waals surface area contributed by atoms with Crippen molar-refractivity contribution in [3.63, 3.8) is 0 Å². The van der Waals surface area contributed by atoms with Gasteiger partial charge in [0.25, 0.3) is 0 Å². The van der Waals surface area contributed by atoms with Crippen molar-refractivity contribution < 1.29 is 14.6 Å². The smallest absolute Gasteiger partial charge is 0.316 e. The van der Waals surface area contributed by atoms with Crippen molar-refractivity contribution in [1.82, 2.24) is 14.9 Å². The molecule has 1 aromatic heterocycles. The first-order chi connectivity index (χ1) is 16.0. The normalized spacial score (nSPS) is 24.5. The van der Waals surface area contributed by atoms with E-state index >= 15 is 0 Å². The zero-order valence-electron chi connectivity index (χ0n) is 18.9. The molecule has 33 heavy (non-hydrogen) atoms. The highest BCUT2D eigenvalue weighted by atomic mass is 16.5. The van der Waals surface area contributed by atoms with Crippen LogP contribution in [0.3, 0.4) is 0 Å². The number of Topliss-reactive ketones (excluding diaryl/α,β-unsaturated/α-hetero) is 1. The second kappa shape index (κ2) is 9.04. The molecule has 0 amide bonds. The van der Waals surface area contributed by atoms with E-state index < -0.39 is 5.60 Å². The number of hydrogen-bond acceptors (Lipinski definition) is 6. The van der Waals surface area contributed by atoms with E-state index in [0.717, 1.165) is 37.1 Å². The van der Waals surface area contributed by atoms with E-state index in [0.29, 0.717) is 36.4 Å². The van der Waals surface area contributed by atoms with Crippen LogP contribution in [0.2, 0.25) is 0 Å². The average molecular weight is 444 g/mol. The van der Waals surface area contributed by atoms with Crippen LogP contribution in [0.5, 0.6) is 6.01 Å². The fourth-order valence-electron chi connectivity index (χ4n) is 5.52. The number of aromatic nitrogens is 2. The Morgan fingerprint density at radius 1 is 1.00 bits per heavy atom. The minimum Gasteiger partial charge on any atom is -0.467 e. The highest BCUT2D eigenvalue weighted by Gasteiger charge is 2.48. The zero-order valence-corrected chi connectivity index (χ0v) is 18.9. The van der Waals surface area contributed by atoms with Crippen LogP contribution < -0.4 is 4.74 Å². The van der Waals surface area contributed by atoms with Gasteiger partial charge in [0.2, 0.25) is 0 Å². The number of hydrogen-bond donors (Lipinski definition) is 1. The van der Waals surface area contributed by atoms with Gasteiger partial charge in [-0.3, -0.25) is 9.69 Å². The number of carbonyl (C=O) groups is 1. The molecule has 1 aliphatic carbocycles. The molecule has 0 spiro atoms. The Morgan fingerprint density at radius 2 is 1.64 bits per heavy atom. The van der Waals surface area contributed by atoms with Crippen LogP contribution in [0.1, 0.15) is 28.8 Å². The Hall–Kier alpha value is -3.09. The Bertz CT molecular complexity index is 1090. The van der Waals surface area contributed by atoms with Gasteiger partial charge in [0.1, 0.15) is 0 Å². The van der Waals surface area contributed by atoms with Gasteiger partial charge in [-0.2, -0.15) is 0 Å². The lowest BCUT2D eigenvalue weighted by Crippen LogP contribution is -2.34. The molecular formula is C27H29N3O3. The van der Waals surface area contributed by atoms with Gasteiger partial charge < -0.3 is 9.84 Å². The summed E-state index contributed by atoms with van der Waals surface area (Å²) in [5, 5.41) is 11.1. The first-order valence-electron chi connectivity index (χ1n) is 11.5. The lowest BCUT2D eigenvalue weighted by atomic mass is 9.91. The summed E-state index contributed by atoms with van der Waals surface area (Å²) in [6.45, 7) is 2.19. The van der Waals surface area contributed by atoms with Gasteiger partial charge in [-0.05, 0) is 35.8 Å². The predicted molar refractivity (Wildman–Crippen MR) is 126 cm³/mol. The summed E-state index contributed by atoms with van der Waals surface area (Å²) in [6, 6.07) is 18.2. The number of carbonyl (C=O) groups excluding carboxylic acids is 1. The molecule has 3 aromatic rings. The van der Waals surface area contributed by atoms with E-state index in [1.165, 1.54) is 12.7 Å². The fraction of sp³-hybridized carbons (Fsp3) is 0.370. The molecule has 3 atom stereocenters. The van der Waals surface area contributed by atoms with Gasteiger partial charge in [0.15, 0.2) is 5.78 Å². The van der Waals surface area contributed by atoms with E-state index in [1.807, 2.05) is 42.5 Å². The summed E-state index contributed by atoms with van der Waals surface area (Å²) in [6.07, 6.45) is 5.77. The van der Waals surface area contributed by atoms with E-state index in [9.17, 15) is 9.90 Å². The fourth-order valence-corrected chi connectivity index (χ4v) is 5.52. The molecule has 6 nitrogen and oxygen atoms in total. The molecule has 2 aromatic carbocycles. The predicted octanol–water partition coefficient (Wildman–Crippen LogP) is 3.65. The molecule has 0 bridgehead atoms. The number of likely N-dealkylation sites (tertiary alicyclic amines) is 1. The van der Waals surface area contributed by atoms with E-state index in [4.69, 9.17) is 4.74 Å². The molecule has 6 heteroatoms. The lowest BCUT2D eigenvalue weighted by molar-refractivity contribution is 0.0355. The third kappa shape index (κ3) is 4.82. The quantitative estimate of drug-likeness (QED) is 0.562. The third-order valence-electron chi connectivity index (χ3n) is 7.03. The van der Waals surface area contributed by atoms with Gasteiger partial charge in [-0.15, -0.1) is 0 Å². The molecule has 1 saturated heterocycles. The molecule has 0 radical (unpaired) electrons. The molecule has 2 heterocycles. The summed E-state index contributed by atoms with van der Waals surface area (Å²) in [7, 11) is 1.54. The van der Waals surface area contributed by atoms with Gasteiger partial charge in [-0.1, -0.05) is 54.6 Å². The number of methoxy groups -OCH3 is 1. The Balaban J connectivity index is 1.16. The molecule has 0 unspecified atom stereocenters. The first-order valence-corrected chi connectivity index (χ1v) is 11.5. The number of aliphatic hydroxyl groups is 1. The van der Waals surface area contributed by atoms with Crippen LogP contribution >= 0.6 is 0 Å². The van der Waals surface area contributed by atoms with Crippen molar-refractivity contribution in [3.8, 4) is 17.1 Å². The second-order valence-corrected chi connectivity index (χ2v) is 9.47. The van der Waals surface area contributed by atoms with Crippen LogP contribution in [-0.2, 0) is 6.42 Å². The molecular weight excluding hydrogens is 414 g/mol. The summed E-state index contributed by atoms with van der Waals surface area (Å²) >= 11 is 0. The van der Waals surface area contributed by atoms with E-state index in [-0.39, 0.29) is 5.78 Å². The Kier molecular flexibility index (Phi) is 5.96. The van der Waals surface area contributed by atoms with Crippen molar-refractivity contribution in [2.45, 2.75) is 24.9 Å². The molecule has 1 aliphatic heterocycles. The summed E-state index contributed by atoms with van der Waals surface area (Å²) in [4.78, 5) is 23.4. The van der Waals surface area contributed by atoms with Crippen molar-refractivity contribution in [2.24, 2.45) is 11.8 Å². The SMILES string of the molecule is COc1ncc(-c2ccc(C(=O)CN3C[C@@H]4C[C@](O)(Cc5ccccc5)C[C@@H]4C3)cc2)cn1. The highest BCUT2D eigenvalue weighted by Crippen LogP contribution is 2.45. The topological polar surface area (TPSA) is 75.5 Å². The minimum atomic E-state index is -0.617. The van der Waals surface area contributed by atoms with Crippen molar-refractivity contribution >= 4 is 5.78 Å². The van der Waals surface area contributed by atoms with E-state index in [1.54, 1.807) is 12.4 Å². The van der Waals surface area contributed by atoms with Crippen LogP contribution in [-0.4, -0.2) is 58.1 Å². The lowest BCUT2D eigenvalue weighted by Gasteiger charge is -2.26. The van der Waals surface area contributed by atoms with Crippen molar-refractivity contribution in [3.05, 3.63) is 78.1 Å². The van der Waals surface area contributed by atoms with Crippen LogP contribution in [0.15, 0.2) is 67.0 Å². The maximum absolute atomic E-state index is 12.9. The minimum absolute atomic E-state index is 0.132. The number of fused-ring (bicyclic) bond motifs is 1. The largest absolute Gasteiger partial charge is 0.467 e. The standard InChI is InChI=1S/C27H29N3O3/c1-33-26-28-14-24(15-29-26)20-7-9-21(10-8-20)25(31)18-30-16-22-12-27(32,13-23(22)17-30)11-19-5-3-2-4-6-19/h2-10,14-15,22-23,32H,11-13,16-18H2,1H3/t22-,23+,27+. The summed E-state index contributed by atoms with van der Waals surface area (Å²) < 4.78 is 5.00. The number of nitrogens with zero attached hydrogens (tertiary/aromatic N) is 3. The molecule has 1 N–H and O–H groups in total. The average Bonchev–Trinajstić information content (AvgIpc) is 3.33. The molecule has 2 fully saturated rings. The number of ether oxygens (including phenoxy) is 1. The van der Waals surface area contributed by atoms with Crippen LogP contribution in [0.25, 0.3) is 11.1 Å². The van der Waals surface area contributed by atoms with Crippen molar-refractivity contribution in [1.29, 1.82) is 0 Å². The number of ketones is 1. The Labute approximate surface area is 194 Å². The van der Waals surface area contributed by atoms with Gasteiger partial charge in [-0.25, -0.2) is 9.97 Å². The van der Waals surface area contributed by atoms with Gasteiger partial charge in [0.05, 0.1) is 19.3 Å². The number of benzene rings is 2. The molecule has 1 saturated carbocycles. The van der Waals surface area contributed by atoms with Crippen LogP contribution in [0, 0.1) is 11.8 Å². The van der Waals surface area contributed by atoms with Gasteiger partial charge in [0, 0.05) is 43.0 Å². The van der Waals surface area contributed by atoms with Crippen LogP contribution in [0.4, 0.5) is 0 Å². The molecule has 170 valence electrons. The Morgan fingerprint density at radius 3 is 2.24 bits per heavy atom. The van der Waals surface area contributed by atoms with E-state index in [2.05, 4.69) is 27.0 Å². The summed E-state index contributed by atoms with van der Waals surface area (Å²) in [5.74, 6) is 1.06. The highest BCUT2D eigenvalue weighted by molar-refractivity contribution is 5.98. The zero-order chi connectivity index (χ0) is 22.8. The maximum Gasteiger partial charge on any atom is 0.316 e. The first kappa shape index (κ1) is 21.7. The molecule has 2 aliphatic rings. The van der Waals surface area contributed by atoms with Gasteiger partial charge >= 0.3 is 6.01 Å². The summed E-state index contributed by atoms with van der Waals surface area (Å²) in [5.41, 5.74) is 3.13. The molecule has 5 rings (SSSR count). The van der Waals surface area contributed by atoms with Crippen molar-refractivity contribution in [2.75, 3.05) is 26.7 Å². The monoisotopic (exact) mass is 443 g/mol. The maximum atomic E-state index is 12.9.